The van der Waals surface area contributed by atoms with Gasteiger partial charge >= 0.3 is 6.18 Å². The van der Waals surface area contributed by atoms with Gasteiger partial charge in [0.05, 0.1) is 6.54 Å². The predicted octanol–water partition coefficient (Wildman–Crippen LogP) is 4.03. The van der Waals surface area contributed by atoms with E-state index in [0.29, 0.717) is 11.0 Å². The van der Waals surface area contributed by atoms with E-state index in [4.69, 9.17) is 0 Å². The van der Waals surface area contributed by atoms with Gasteiger partial charge in [0.1, 0.15) is 5.01 Å². The molecular formula is C18H23F3IN5S. The van der Waals surface area contributed by atoms with Crippen LogP contribution in [0.15, 0.2) is 34.6 Å². The van der Waals surface area contributed by atoms with Gasteiger partial charge in [0, 0.05) is 37.2 Å². The van der Waals surface area contributed by atoms with Crippen molar-refractivity contribution in [1.82, 2.24) is 15.6 Å². The Hall–Kier alpha value is -1.56. The Bertz CT molecular complexity index is 791. The van der Waals surface area contributed by atoms with Crippen molar-refractivity contribution in [2.45, 2.75) is 32.1 Å². The summed E-state index contributed by atoms with van der Waals surface area (Å²) in [6.07, 6.45) is -3.44. The number of benzene rings is 1. The first kappa shape index (κ1) is 22.7. The summed E-state index contributed by atoms with van der Waals surface area (Å²) in [4.78, 5) is 10.1. The molecule has 28 heavy (non-hydrogen) atoms. The highest BCUT2D eigenvalue weighted by atomic mass is 127. The maximum absolute atomic E-state index is 12.6. The van der Waals surface area contributed by atoms with Crippen LogP contribution in [0.2, 0.25) is 0 Å². The second-order valence-corrected chi connectivity index (χ2v) is 7.40. The van der Waals surface area contributed by atoms with Gasteiger partial charge in [-0.3, -0.25) is 4.99 Å². The molecule has 3 rings (SSSR count). The molecular weight excluding hydrogens is 502 g/mol. The number of aromatic nitrogens is 1. The number of hydrogen-bond acceptors (Lipinski definition) is 4. The fraction of sp³-hybridized carbons (Fsp3) is 0.444. The molecule has 5 nitrogen and oxygen atoms in total. The van der Waals surface area contributed by atoms with Crippen LogP contribution in [0.25, 0.3) is 0 Å². The van der Waals surface area contributed by atoms with E-state index >= 15 is 0 Å². The zero-order chi connectivity index (χ0) is 19.4. The number of halogens is 4. The Balaban J connectivity index is 0.00000280. The lowest BCUT2D eigenvalue weighted by molar-refractivity contribution is -0.140. The summed E-state index contributed by atoms with van der Waals surface area (Å²) in [5.74, 6) is 0.564. The van der Waals surface area contributed by atoms with E-state index in [1.807, 2.05) is 0 Å². The van der Waals surface area contributed by atoms with E-state index in [0.717, 1.165) is 36.2 Å². The van der Waals surface area contributed by atoms with E-state index in [9.17, 15) is 13.2 Å². The van der Waals surface area contributed by atoms with Crippen LogP contribution in [0.1, 0.15) is 22.7 Å². The average Bonchev–Trinajstić information content (AvgIpc) is 3.28. The lowest BCUT2D eigenvalue weighted by Gasteiger charge is -2.20. The Morgan fingerprint density at radius 2 is 2.04 bits per heavy atom. The van der Waals surface area contributed by atoms with Gasteiger partial charge in [-0.15, -0.1) is 35.3 Å². The molecule has 10 heteroatoms. The number of anilines is 1. The summed E-state index contributed by atoms with van der Waals surface area (Å²) < 4.78 is 37.9. The summed E-state index contributed by atoms with van der Waals surface area (Å²) in [5, 5.41) is 7.78. The van der Waals surface area contributed by atoms with Crippen LogP contribution in [0.5, 0.6) is 0 Å². The van der Waals surface area contributed by atoms with Crippen molar-refractivity contribution in [2.24, 2.45) is 4.99 Å². The zero-order valence-electron chi connectivity index (χ0n) is 15.6. The van der Waals surface area contributed by atoms with Gasteiger partial charge in [-0.1, -0.05) is 17.7 Å². The van der Waals surface area contributed by atoms with Crippen LogP contribution < -0.4 is 15.5 Å². The molecule has 0 bridgehead atoms. The number of hydrogen-bond donors (Lipinski definition) is 2. The molecule has 1 saturated heterocycles. The Morgan fingerprint density at radius 1 is 1.32 bits per heavy atom. The standard InChI is InChI=1S/C18H22F3N5S.HI/c1-12-3-5-14(6-4-12)26-8-7-13(10-26)24-17(22-2)23-9-16-25-15(11-27-16)18(19,20)21;/h3-6,11,13H,7-10H2,1-2H3,(H2,22,23,24);1H. The summed E-state index contributed by atoms with van der Waals surface area (Å²) in [6.45, 7) is 4.06. The molecule has 2 aromatic rings. The molecule has 1 fully saturated rings. The van der Waals surface area contributed by atoms with Crippen LogP contribution in [0, 0.1) is 6.92 Å². The van der Waals surface area contributed by atoms with E-state index in [-0.39, 0.29) is 36.6 Å². The quantitative estimate of drug-likeness (QED) is 0.360. The van der Waals surface area contributed by atoms with Gasteiger partial charge in [0.15, 0.2) is 11.7 Å². The second-order valence-electron chi connectivity index (χ2n) is 6.46. The van der Waals surface area contributed by atoms with Gasteiger partial charge < -0.3 is 15.5 Å². The molecule has 0 radical (unpaired) electrons. The zero-order valence-corrected chi connectivity index (χ0v) is 18.7. The minimum Gasteiger partial charge on any atom is -0.369 e. The van der Waals surface area contributed by atoms with Crippen molar-refractivity contribution in [3.8, 4) is 0 Å². The van der Waals surface area contributed by atoms with Gasteiger partial charge in [0.2, 0.25) is 0 Å². The summed E-state index contributed by atoms with van der Waals surface area (Å²) in [7, 11) is 1.64. The first-order chi connectivity index (χ1) is 12.8. The minimum atomic E-state index is -4.40. The molecule has 1 aromatic carbocycles. The first-order valence-corrected chi connectivity index (χ1v) is 9.53. The topological polar surface area (TPSA) is 52.6 Å². The molecule has 1 unspecified atom stereocenters. The highest BCUT2D eigenvalue weighted by Crippen LogP contribution is 2.29. The number of nitrogens with zero attached hydrogens (tertiary/aromatic N) is 3. The molecule has 1 atom stereocenters. The smallest absolute Gasteiger partial charge is 0.369 e. The number of thiazole rings is 1. The normalized spacial score (nSPS) is 17.4. The van der Waals surface area contributed by atoms with Gasteiger partial charge in [-0.25, -0.2) is 4.98 Å². The number of guanidine groups is 1. The highest BCUT2D eigenvalue weighted by molar-refractivity contribution is 14.0. The molecule has 0 saturated carbocycles. The van der Waals surface area contributed by atoms with E-state index < -0.39 is 11.9 Å². The Labute approximate surface area is 183 Å². The van der Waals surface area contributed by atoms with Crippen molar-refractivity contribution in [2.75, 3.05) is 25.0 Å². The van der Waals surface area contributed by atoms with Crippen LogP contribution in [-0.2, 0) is 12.7 Å². The fourth-order valence-electron chi connectivity index (χ4n) is 2.94. The molecule has 0 aliphatic carbocycles. The molecule has 1 aromatic heterocycles. The predicted molar refractivity (Wildman–Crippen MR) is 118 cm³/mol. The van der Waals surface area contributed by atoms with E-state index in [2.05, 4.69) is 56.7 Å². The molecule has 154 valence electrons. The molecule has 0 amide bonds. The number of rotatable bonds is 4. The van der Waals surface area contributed by atoms with Crippen molar-refractivity contribution < 1.29 is 13.2 Å². The van der Waals surface area contributed by atoms with Crippen molar-refractivity contribution >= 4 is 47.0 Å². The summed E-state index contributed by atoms with van der Waals surface area (Å²) in [6, 6.07) is 8.65. The SMILES string of the molecule is CN=C(NCc1nc(C(F)(F)F)cs1)NC1CCN(c2ccc(C)cc2)C1.I. The van der Waals surface area contributed by atoms with Crippen LogP contribution in [0.4, 0.5) is 18.9 Å². The Kier molecular flexibility index (Phi) is 7.93. The van der Waals surface area contributed by atoms with Crippen LogP contribution >= 0.6 is 35.3 Å². The summed E-state index contributed by atoms with van der Waals surface area (Å²) >= 11 is 0.986. The molecule has 1 aliphatic heterocycles. The van der Waals surface area contributed by atoms with Gasteiger partial charge in [-0.2, -0.15) is 13.2 Å². The van der Waals surface area contributed by atoms with E-state index in [1.54, 1.807) is 7.05 Å². The number of nitrogens with one attached hydrogen (secondary N) is 2. The largest absolute Gasteiger partial charge is 0.434 e. The molecule has 0 spiro atoms. The highest BCUT2D eigenvalue weighted by Gasteiger charge is 2.33. The Morgan fingerprint density at radius 3 is 2.64 bits per heavy atom. The maximum Gasteiger partial charge on any atom is 0.434 e. The van der Waals surface area contributed by atoms with Crippen LogP contribution in [0.3, 0.4) is 0 Å². The first-order valence-electron chi connectivity index (χ1n) is 8.65. The maximum atomic E-state index is 12.6. The lowest BCUT2D eigenvalue weighted by atomic mass is 10.2. The van der Waals surface area contributed by atoms with Gasteiger partial charge in [-0.05, 0) is 25.5 Å². The molecule has 2 N–H and O–H groups in total. The van der Waals surface area contributed by atoms with Crippen molar-refractivity contribution in [3.63, 3.8) is 0 Å². The fourth-order valence-corrected chi connectivity index (χ4v) is 3.68. The lowest BCUT2D eigenvalue weighted by Crippen LogP contribution is -2.44. The number of alkyl halides is 3. The number of aliphatic imine (C=N–C) groups is 1. The summed E-state index contributed by atoms with van der Waals surface area (Å²) in [5.41, 5.74) is 1.57. The third-order valence-corrected chi connectivity index (χ3v) is 5.25. The molecule has 1 aliphatic rings. The van der Waals surface area contributed by atoms with Gasteiger partial charge in [0.25, 0.3) is 0 Å². The van der Waals surface area contributed by atoms with Crippen molar-refractivity contribution in [3.05, 3.63) is 45.9 Å². The van der Waals surface area contributed by atoms with E-state index in [1.165, 1.54) is 11.3 Å². The monoisotopic (exact) mass is 525 g/mol. The van der Waals surface area contributed by atoms with Crippen molar-refractivity contribution in [1.29, 1.82) is 0 Å². The van der Waals surface area contributed by atoms with Crippen LogP contribution in [-0.4, -0.2) is 37.1 Å². The minimum absolute atomic E-state index is 0. The second kappa shape index (κ2) is 9.77. The molecule has 2 heterocycles. The average molecular weight is 525 g/mol. The third-order valence-electron chi connectivity index (χ3n) is 4.40. The third kappa shape index (κ3) is 5.97. The number of aryl methyl sites for hydroxylation is 1.